The Bertz CT molecular complexity index is 468. The number of ether oxygens (including phenoxy) is 1. The molecule has 1 aliphatic rings. The van der Waals surface area contributed by atoms with Crippen LogP contribution < -0.4 is 10.5 Å². The van der Waals surface area contributed by atoms with Crippen LogP contribution in [0, 0.1) is 5.41 Å². The number of amides is 1. The van der Waals surface area contributed by atoms with E-state index in [9.17, 15) is 4.79 Å². The van der Waals surface area contributed by atoms with Gasteiger partial charge in [0.05, 0.1) is 6.54 Å². The molecule has 1 aliphatic heterocycles. The van der Waals surface area contributed by atoms with Crippen molar-refractivity contribution in [1.82, 2.24) is 4.90 Å². The van der Waals surface area contributed by atoms with E-state index in [0.717, 1.165) is 30.7 Å². The summed E-state index contributed by atoms with van der Waals surface area (Å²) >= 11 is 0. The Morgan fingerprint density at radius 1 is 1.24 bits per heavy atom. The van der Waals surface area contributed by atoms with Crippen LogP contribution in [0.25, 0.3) is 0 Å². The van der Waals surface area contributed by atoms with Crippen molar-refractivity contribution in [2.24, 2.45) is 11.1 Å². The number of hydrogen-bond acceptors (Lipinski definition) is 3. The number of likely N-dealkylation sites (tertiary alicyclic amines) is 1. The summed E-state index contributed by atoms with van der Waals surface area (Å²) in [6.07, 6.45) is 2.69. The molecular formula is C17H26N2O2. The van der Waals surface area contributed by atoms with Gasteiger partial charge in [0.15, 0.2) is 0 Å². The lowest BCUT2D eigenvalue weighted by atomic mass is 9.85. The first-order chi connectivity index (χ1) is 10.00. The number of carbonyl (C=O) groups excluding carboxylic acids is 1. The largest absolute Gasteiger partial charge is 0.492 e. The van der Waals surface area contributed by atoms with Crippen LogP contribution in [0.4, 0.5) is 0 Å². The smallest absolute Gasteiger partial charge is 0.222 e. The molecule has 1 heterocycles. The molecule has 4 heteroatoms. The van der Waals surface area contributed by atoms with Gasteiger partial charge in [-0.2, -0.15) is 0 Å². The second-order valence-electron chi connectivity index (χ2n) is 6.49. The zero-order valence-electron chi connectivity index (χ0n) is 13.1. The van der Waals surface area contributed by atoms with E-state index in [1.807, 2.05) is 29.2 Å². The maximum absolute atomic E-state index is 12.1. The van der Waals surface area contributed by atoms with Crippen molar-refractivity contribution in [3.63, 3.8) is 0 Å². The minimum atomic E-state index is 0.252. The highest BCUT2D eigenvalue weighted by atomic mass is 16.5. The van der Waals surface area contributed by atoms with Gasteiger partial charge < -0.3 is 15.4 Å². The molecule has 1 aromatic rings. The topological polar surface area (TPSA) is 55.6 Å². The molecule has 0 atom stereocenters. The van der Waals surface area contributed by atoms with Crippen LogP contribution in [0.1, 0.15) is 38.7 Å². The van der Waals surface area contributed by atoms with Gasteiger partial charge in [0.2, 0.25) is 5.91 Å². The maximum atomic E-state index is 12.1. The second-order valence-corrected chi connectivity index (χ2v) is 6.49. The molecule has 1 fully saturated rings. The van der Waals surface area contributed by atoms with Gasteiger partial charge in [0, 0.05) is 19.5 Å². The third kappa shape index (κ3) is 4.74. The van der Waals surface area contributed by atoms with Crippen molar-refractivity contribution in [3.05, 3.63) is 29.8 Å². The summed E-state index contributed by atoms with van der Waals surface area (Å²) in [6, 6.07) is 7.79. The van der Waals surface area contributed by atoms with Crippen molar-refractivity contribution in [3.8, 4) is 5.75 Å². The van der Waals surface area contributed by atoms with Crippen LogP contribution in [0.2, 0.25) is 0 Å². The van der Waals surface area contributed by atoms with Gasteiger partial charge in [-0.15, -0.1) is 0 Å². The fourth-order valence-corrected chi connectivity index (χ4v) is 2.52. The third-order valence-electron chi connectivity index (χ3n) is 4.22. The Kier molecular flexibility index (Phi) is 5.23. The molecule has 1 aromatic carbocycles. The predicted molar refractivity (Wildman–Crippen MR) is 84.0 cm³/mol. The van der Waals surface area contributed by atoms with E-state index in [4.69, 9.17) is 10.5 Å². The normalized spacial score (nSPS) is 18.4. The van der Waals surface area contributed by atoms with Crippen LogP contribution in [-0.2, 0) is 11.3 Å². The van der Waals surface area contributed by atoms with Gasteiger partial charge in [-0.05, 0) is 36.0 Å². The molecule has 1 amide bonds. The van der Waals surface area contributed by atoms with Crippen molar-refractivity contribution in [2.75, 3.05) is 19.7 Å². The van der Waals surface area contributed by atoms with E-state index in [1.54, 1.807) is 0 Å². The molecule has 0 bridgehead atoms. The molecule has 0 aromatic heterocycles. The van der Waals surface area contributed by atoms with Crippen molar-refractivity contribution >= 4 is 5.91 Å². The lowest BCUT2D eigenvalue weighted by Crippen LogP contribution is -2.34. The first-order valence-electron chi connectivity index (χ1n) is 7.70. The zero-order chi connectivity index (χ0) is 15.3. The van der Waals surface area contributed by atoms with Crippen molar-refractivity contribution in [2.45, 2.75) is 39.7 Å². The summed E-state index contributed by atoms with van der Waals surface area (Å²) < 4.78 is 5.71. The molecule has 0 aliphatic carbocycles. The van der Waals surface area contributed by atoms with Crippen molar-refractivity contribution < 1.29 is 9.53 Å². The fourth-order valence-electron chi connectivity index (χ4n) is 2.52. The van der Waals surface area contributed by atoms with Crippen LogP contribution in [0.5, 0.6) is 5.75 Å². The van der Waals surface area contributed by atoms with Crippen LogP contribution in [0.3, 0.4) is 0 Å². The summed E-state index contributed by atoms with van der Waals surface area (Å²) in [5, 5.41) is 0. The summed E-state index contributed by atoms with van der Waals surface area (Å²) in [5.74, 6) is 1.08. The third-order valence-corrected chi connectivity index (χ3v) is 4.22. The molecule has 0 radical (unpaired) electrons. The van der Waals surface area contributed by atoms with Gasteiger partial charge in [0.25, 0.3) is 0 Å². The molecule has 116 valence electrons. The Morgan fingerprint density at radius 3 is 2.62 bits per heavy atom. The number of hydrogen-bond donors (Lipinski definition) is 1. The highest BCUT2D eigenvalue weighted by Gasteiger charge is 2.27. The molecule has 2 rings (SSSR count). The number of carbonyl (C=O) groups is 1. The minimum absolute atomic E-state index is 0.252. The quantitative estimate of drug-likeness (QED) is 0.906. The van der Waals surface area contributed by atoms with E-state index >= 15 is 0 Å². The van der Waals surface area contributed by atoms with Crippen LogP contribution in [0.15, 0.2) is 24.3 Å². The van der Waals surface area contributed by atoms with Gasteiger partial charge in [-0.25, -0.2) is 0 Å². The summed E-state index contributed by atoms with van der Waals surface area (Å²) in [7, 11) is 0. The van der Waals surface area contributed by atoms with Crippen LogP contribution >= 0.6 is 0 Å². The van der Waals surface area contributed by atoms with E-state index in [2.05, 4.69) is 13.8 Å². The first kappa shape index (κ1) is 15.8. The SMILES string of the molecule is CC1(C)CCC(=O)N(CCOc2ccc(CN)cc2)CC1. The van der Waals surface area contributed by atoms with Gasteiger partial charge >= 0.3 is 0 Å². The molecule has 4 nitrogen and oxygen atoms in total. The van der Waals surface area contributed by atoms with E-state index in [-0.39, 0.29) is 11.3 Å². The van der Waals surface area contributed by atoms with E-state index < -0.39 is 0 Å². The Labute approximate surface area is 127 Å². The number of benzene rings is 1. The monoisotopic (exact) mass is 290 g/mol. The average Bonchev–Trinajstić information content (AvgIpc) is 2.60. The lowest BCUT2D eigenvalue weighted by molar-refractivity contribution is -0.131. The molecule has 2 N–H and O–H groups in total. The molecule has 0 unspecified atom stereocenters. The Balaban J connectivity index is 1.80. The highest BCUT2D eigenvalue weighted by molar-refractivity contribution is 5.76. The first-order valence-corrected chi connectivity index (χ1v) is 7.70. The number of nitrogens with two attached hydrogens (primary N) is 1. The van der Waals surface area contributed by atoms with Gasteiger partial charge in [-0.3, -0.25) is 4.79 Å². The Morgan fingerprint density at radius 2 is 1.95 bits per heavy atom. The number of nitrogens with zero attached hydrogens (tertiary/aromatic N) is 1. The van der Waals surface area contributed by atoms with E-state index in [1.165, 1.54) is 0 Å². The molecule has 0 spiro atoms. The second kappa shape index (κ2) is 6.94. The van der Waals surface area contributed by atoms with E-state index in [0.29, 0.717) is 26.1 Å². The van der Waals surface area contributed by atoms with Gasteiger partial charge in [0.1, 0.15) is 12.4 Å². The van der Waals surface area contributed by atoms with Crippen LogP contribution in [-0.4, -0.2) is 30.5 Å². The molecule has 1 saturated heterocycles. The number of rotatable bonds is 5. The van der Waals surface area contributed by atoms with Gasteiger partial charge in [-0.1, -0.05) is 26.0 Å². The standard InChI is InChI=1S/C17H26N2O2/c1-17(2)8-7-16(20)19(10-9-17)11-12-21-15-5-3-14(13-18)4-6-15/h3-6H,7-13,18H2,1-2H3. The Hall–Kier alpha value is -1.55. The van der Waals surface area contributed by atoms with Crippen molar-refractivity contribution in [1.29, 1.82) is 0 Å². The highest BCUT2D eigenvalue weighted by Crippen LogP contribution is 2.30. The molecule has 21 heavy (non-hydrogen) atoms. The minimum Gasteiger partial charge on any atom is -0.492 e. The average molecular weight is 290 g/mol. The molecular weight excluding hydrogens is 264 g/mol. The fraction of sp³-hybridized carbons (Fsp3) is 0.588. The summed E-state index contributed by atoms with van der Waals surface area (Å²) in [4.78, 5) is 14.0. The predicted octanol–water partition coefficient (Wildman–Crippen LogP) is 2.56. The maximum Gasteiger partial charge on any atom is 0.222 e. The molecule has 0 saturated carbocycles. The summed E-state index contributed by atoms with van der Waals surface area (Å²) in [6.45, 7) is 7.04. The summed E-state index contributed by atoms with van der Waals surface area (Å²) in [5.41, 5.74) is 6.92. The zero-order valence-corrected chi connectivity index (χ0v) is 13.1. The lowest BCUT2D eigenvalue weighted by Gasteiger charge is -2.23.